The largest absolute Gasteiger partial charge is 0.492 e. The van der Waals surface area contributed by atoms with Gasteiger partial charge in [0, 0.05) is 70.4 Å². The molecule has 99 heavy (non-hydrogen) atoms. The number of rotatable bonds is 26. The van der Waals surface area contributed by atoms with Gasteiger partial charge in [-0.05, 0) is 106 Å². The number of aliphatic hydroxyl groups excluding tert-OH is 5. The van der Waals surface area contributed by atoms with Crippen LogP contribution in [0.5, 0.6) is 17.2 Å². The van der Waals surface area contributed by atoms with E-state index in [2.05, 4.69) is 28.6 Å². The highest BCUT2D eigenvalue weighted by Crippen LogP contribution is 2.49. The second kappa shape index (κ2) is 36.4. The summed E-state index contributed by atoms with van der Waals surface area (Å²) in [5, 5.41) is 67.8. The molecule has 19 unspecified atom stereocenters. The molecule has 1 aromatic rings. The number of hydroxylamine groups is 1. The standard InChI is InChI=1S/C65H91IN4O26S2Si/c1-14-69(36(6)72)39-31-89-45(27-42(39)84-7)94-57-52(77)49(68-96-46-26-40(73)59(35(5)91-46)98-61(80)47-32(2)48(66)55(58(87-10)54(47)85-8)95-62-53(78)56(86-9)51(76)34(4)93-62)33(3)92-63(57)90-30-37-38(20-24-97-43-28-44(75)70(60(43)79)22-19-25-99(12,13)83)65(82,21-17-15-16-18-23-71)29-41(74)50(37)67-64(81)88-11/h15-16,20,33-35,39-40,42-43,45-46,49,51-53,56-57,59,62-63,68,71,73,76-78,82-83H,14,19,22,24-31H2,1-13H3,(H,67,81)/b16-15-,38-20+. The van der Waals surface area contributed by atoms with Crippen LogP contribution in [0.15, 0.2) is 35.1 Å². The summed E-state index contributed by atoms with van der Waals surface area (Å²) in [6.07, 6.45) is -12.8. The Morgan fingerprint density at radius 1 is 0.889 bits per heavy atom. The fourth-order valence-corrected chi connectivity index (χ4v) is 16.3. The van der Waals surface area contributed by atoms with Crippen LogP contribution in [-0.2, 0) is 66.6 Å². The number of imide groups is 1. The molecule has 1 aliphatic carbocycles. The third-order valence-corrected chi connectivity index (χ3v) is 23.1. The van der Waals surface area contributed by atoms with Crippen LogP contribution in [0.2, 0.25) is 19.1 Å². The highest BCUT2D eigenvalue weighted by atomic mass is 127. The minimum Gasteiger partial charge on any atom is -0.492 e. The molecule has 5 fully saturated rings. The number of hydrogen-bond donors (Lipinski definition) is 9. The topological polar surface area (TPSA) is 395 Å². The molecular weight excluding hydrogens is 1470 g/mol. The van der Waals surface area contributed by atoms with E-state index in [0.717, 1.165) is 35.5 Å². The predicted molar refractivity (Wildman–Crippen MR) is 365 cm³/mol. The van der Waals surface area contributed by atoms with E-state index in [9.17, 15) is 59.1 Å². The van der Waals surface area contributed by atoms with Crippen molar-refractivity contribution in [3.63, 3.8) is 0 Å². The molecule has 550 valence electrons. The van der Waals surface area contributed by atoms with E-state index in [1.165, 1.54) is 53.6 Å². The van der Waals surface area contributed by atoms with E-state index < -0.39 is 165 Å². The van der Waals surface area contributed by atoms with Crippen molar-refractivity contribution < 1.29 is 126 Å². The van der Waals surface area contributed by atoms with Gasteiger partial charge in [0.15, 0.2) is 50.1 Å². The Hall–Kier alpha value is -5.01. The van der Waals surface area contributed by atoms with E-state index in [1.54, 1.807) is 51.8 Å². The van der Waals surface area contributed by atoms with Crippen LogP contribution in [0.3, 0.4) is 0 Å². The van der Waals surface area contributed by atoms with Crippen molar-refractivity contribution >= 4 is 89.1 Å². The number of likely N-dealkylation sites (tertiary alicyclic amines) is 1. The van der Waals surface area contributed by atoms with Gasteiger partial charge < -0.3 is 97.2 Å². The molecule has 7 rings (SSSR count). The zero-order valence-electron chi connectivity index (χ0n) is 57.4. The number of thioether (sulfide) groups is 2. The summed E-state index contributed by atoms with van der Waals surface area (Å²) in [4.78, 5) is 101. The van der Waals surface area contributed by atoms with Crippen molar-refractivity contribution in [2.45, 2.75) is 207 Å². The molecule has 0 aromatic heterocycles. The average Bonchev–Trinajstić information content (AvgIpc) is 1.49. The van der Waals surface area contributed by atoms with Crippen LogP contribution in [-0.4, -0.2) is 270 Å². The quantitative estimate of drug-likeness (QED) is 0.0211. The highest BCUT2D eigenvalue weighted by Gasteiger charge is 2.52. The summed E-state index contributed by atoms with van der Waals surface area (Å²) >= 11 is 3.83. The summed E-state index contributed by atoms with van der Waals surface area (Å²) in [5.41, 5.74) is 0.401. The smallest absolute Gasteiger partial charge is 0.411 e. The SMILES string of the molecule is CCN(C(C)=O)C1COC(OC2C(OCC3=C(NC(=O)OC)C(=O)CC(O)(C#C/C=C\C#CO)/C3=C/CSC3CC(=O)N(CCC[Si](C)(C)O)C3=O)OC(C)C(NOC3CC(O)C(SC(=O)c4c(C)c(I)c(OC5OC(C)C(O)C(OC)C5O)c(OC)c4OC)C(C)O3)C2O)CC1OC. The summed E-state index contributed by atoms with van der Waals surface area (Å²) in [6, 6.07) is -1.26. The van der Waals surface area contributed by atoms with Crippen LogP contribution in [0.25, 0.3) is 0 Å². The second-order valence-corrected chi connectivity index (χ2v) is 32.5. The zero-order chi connectivity index (χ0) is 73.0. The fraction of sp³-hybridized carbons (Fsp3) is 0.662. The van der Waals surface area contributed by atoms with Gasteiger partial charge in [-0.15, -0.1) is 11.8 Å². The first kappa shape index (κ1) is 81.3. The third kappa shape index (κ3) is 19.6. The molecule has 1 aromatic carbocycles. The summed E-state index contributed by atoms with van der Waals surface area (Å²) in [7, 11) is 4.08. The molecule has 4 amide bonds. The van der Waals surface area contributed by atoms with Gasteiger partial charge in [0.1, 0.15) is 36.6 Å². The number of carbonyl (C=O) groups is 6. The molecule has 6 aliphatic rings. The van der Waals surface area contributed by atoms with Crippen LogP contribution in [0.4, 0.5) is 4.79 Å². The van der Waals surface area contributed by atoms with Gasteiger partial charge in [-0.25, -0.2) is 4.79 Å². The maximum absolute atomic E-state index is 14.5. The molecular formula is C65H91IN4O26S2Si. The number of likely N-dealkylation sites (N-methyl/N-ethyl adjacent to an activating group) is 1. The van der Waals surface area contributed by atoms with Gasteiger partial charge in [-0.3, -0.25) is 39.0 Å². The molecule has 0 spiro atoms. The molecule has 5 heterocycles. The van der Waals surface area contributed by atoms with E-state index >= 15 is 0 Å². The van der Waals surface area contributed by atoms with E-state index in [-0.39, 0.29) is 83.7 Å². The first-order valence-corrected chi connectivity index (χ1v) is 38.3. The lowest BCUT2D eigenvalue weighted by molar-refractivity contribution is -0.334. The number of ketones is 1. The second-order valence-electron chi connectivity index (χ2n) is 24.9. The molecule has 0 saturated carbocycles. The molecule has 9 N–H and O–H groups in total. The number of ether oxygens (including phenoxy) is 12. The van der Waals surface area contributed by atoms with Gasteiger partial charge in [0.25, 0.3) is 0 Å². The normalized spacial score (nSPS) is 32.5. The minimum absolute atomic E-state index is 0.00172. The number of halogens is 1. The van der Waals surface area contributed by atoms with Crippen molar-refractivity contribution in [3.8, 4) is 41.1 Å². The number of carbonyl (C=O) groups excluding carboxylic acids is 6. The first-order valence-electron chi connectivity index (χ1n) is 32.1. The summed E-state index contributed by atoms with van der Waals surface area (Å²) in [6.45, 7) is 12.9. The van der Waals surface area contributed by atoms with Gasteiger partial charge in [-0.2, -0.15) is 5.48 Å². The maximum Gasteiger partial charge on any atom is 0.411 e. The number of aliphatic hydroxyl groups is 6. The van der Waals surface area contributed by atoms with Gasteiger partial charge >= 0.3 is 6.09 Å². The number of hydrogen-bond acceptors (Lipinski definition) is 29. The lowest BCUT2D eigenvalue weighted by Crippen LogP contribution is -2.65. The Morgan fingerprint density at radius 2 is 1.59 bits per heavy atom. The predicted octanol–water partition coefficient (Wildman–Crippen LogP) is 2.19. The first-order chi connectivity index (χ1) is 46.9. The van der Waals surface area contributed by atoms with Crippen molar-refractivity contribution in [2.24, 2.45) is 0 Å². The van der Waals surface area contributed by atoms with Gasteiger partial charge in [-0.1, -0.05) is 29.7 Å². The average molecular weight is 1560 g/mol. The number of allylic oxidation sites excluding steroid dienone is 3. The Kier molecular flexibility index (Phi) is 29.9. The van der Waals surface area contributed by atoms with Crippen molar-refractivity contribution in [1.82, 2.24) is 20.6 Å². The van der Waals surface area contributed by atoms with E-state index in [4.69, 9.17) is 66.8 Å². The van der Waals surface area contributed by atoms with Crippen LogP contribution >= 0.6 is 46.1 Å². The van der Waals surface area contributed by atoms with Gasteiger partial charge in [0.05, 0.1) is 109 Å². The lowest BCUT2D eigenvalue weighted by Gasteiger charge is -2.47. The van der Waals surface area contributed by atoms with Crippen LogP contribution in [0, 0.1) is 34.4 Å². The summed E-state index contributed by atoms with van der Waals surface area (Å²) in [5.74, 6) is 5.74. The molecule has 0 radical (unpaired) electrons. The Balaban J connectivity index is 1.14. The molecule has 19 atom stereocenters. The number of nitrogens with one attached hydrogen (secondary N) is 2. The Labute approximate surface area is 597 Å². The number of methoxy groups -OCH3 is 5. The maximum atomic E-state index is 14.5. The minimum atomic E-state index is -2.47. The Morgan fingerprint density at radius 3 is 2.21 bits per heavy atom. The third-order valence-electron chi connectivity index (χ3n) is 17.7. The molecule has 34 heteroatoms. The van der Waals surface area contributed by atoms with Crippen LogP contribution in [0.1, 0.15) is 82.6 Å². The number of alkyl carbamates (subject to hydrolysis) is 1. The number of amides is 4. The monoisotopic (exact) mass is 1560 g/mol. The number of benzene rings is 1. The Bertz CT molecular complexity index is 3290. The molecule has 30 nitrogen and oxygen atoms in total. The molecule has 0 bridgehead atoms. The lowest BCUT2D eigenvalue weighted by atomic mass is 9.77. The van der Waals surface area contributed by atoms with Crippen molar-refractivity contribution in [1.29, 1.82) is 0 Å². The fourth-order valence-electron chi connectivity index (χ4n) is 12.5. The molecule has 5 aliphatic heterocycles. The van der Waals surface area contributed by atoms with Gasteiger partial charge in [0.2, 0.25) is 34.9 Å². The van der Waals surface area contributed by atoms with E-state index in [1.807, 2.05) is 29.5 Å². The molecule has 5 saturated heterocycles. The zero-order valence-corrected chi connectivity index (χ0v) is 62.2. The van der Waals surface area contributed by atoms with E-state index in [0.29, 0.717) is 28.1 Å². The highest BCUT2D eigenvalue weighted by molar-refractivity contribution is 14.1. The number of nitrogens with zero attached hydrogens (tertiary/aromatic N) is 2. The van der Waals surface area contributed by atoms with Crippen molar-refractivity contribution in [2.75, 3.05) is 67.6 Å². The summed E-state index contributed by atoms with van der Waals surface area (Å²) < 4.78 is 72.3. The number of Topliss-reactive ketones (excluding diaryl/α,β-unsaturated/α-hetero) is 1. The van der Waals surface area contributed by atoms with Crippen LogP contribution < -0.4 is 25.0 Å². The van der Waals surface area contributed by atoms with Crippen molar-refractivity contribution in [3.05, 3.63) is 49.8 Å².